The van der Waals surface area contributed by atoms with E-state index in [4.69, 9.17) is 16.3 Å². The molecule has 1 aliphatic heterocycles. The van der Waals surface area contributed by atoms with E-state index in [-0.39, 0.29) is 0 Å². The number of ether oxygens (including phenoxy) is 1. The van der Waals surface area contributed by atoms with Crippen LogP contribution in [0.1, 0.15) is 12.7 Å². The van der Waals surface area contributed by atoms with Gasteiger partial charge in [0.2, 0.25) is 0 Å². The Morgan fingerprint density at radius 2 is 2.32 bits per heavy atom. The zero-order valence-corrected chi connectivity index (χ0v) is 12.0. The molecule has 0 bridgehead atoms. The van der Waals surface area contributed by atoms with Crippen molar-refractivity contribution in [3.8, 4) is 0 Å². The number of aryl methyl sites for hydroxylation is 1. The van der Waals surface area contributed by atoms with E-state index in [9.17, 15) is 0 Å². The molecule has 3 rings (SSSR count). The molecule has 1 aliphatic rings. The molecular weight excluding hydrogens is 262 g/mol. The van der Waals surface area contributed by atoms with Gasteiger partial charge in [0.25, 0.3) is 0 Å². The molecule has 1 fully saturated rings. The smallest absolute Gasteiger partial charge is 0.123 e. The molecule has 2 aromatic rings. The number of morpholine rings is 1. The maximum atomic E-state index is 6.02. The van der Waals surface area contributed by atoms with Crippen LogP contribution in [-0.2, 0) is 18.3 Å². The second-order valence-corrected chi connectivity index (χ2v) is 5.57. The van der Waals surface area contributed by atoms with E-state index in [0.29, 0.717) is 6.10 Å². The number of hydrogen-bond acceptors (Lipinski definition) is 3. The van der Waals surface area contributed by atoms with Crippen molar-refractivity contribution in [1.82, 2.24) is 14.5 Å². The average molecular weight is 280 g/mol. The van der Waals surface area contributed by atoms with Crippen molar-refractivity contribution in [2.24, 2.45) is 7.05 Å². The summed E-state index contributed by atoms with van der Waals surface area (Å²) >= 11 is 6.02. The predicted octanol–water partition coefficient (Wildman–Crippen LogP) is 2.45. The monoisotopic (exact) mass is 279 g/mol. The Kier molecular flexibility index (Phi) is 3.48. The number of fused-ring (bicyclic) bond motifs is 1. The lowest BCUT2D eigenvalue weighted by Crippen LogP contribution is -2.40. The molecule has 1 aromatic heterocycles. The summed E-state index contributed by atoms with van der Waals surface area (Å²) in [5.74, 6) is 1.08. The van der Waals surface area contributed by atoms with Crippen LogP contribution in [0.5, 0.6) is 0 Å². The quantitative estimate of drug-likeness (QED) is 0.846. The third kappa shape index (κ3) is 2.61. The zero-order valence-electron chi connectivity index (χ0n) is 11.3. The van der Waals surface area contributed by atoms with Crippen LogP contribution in [0.15, 0.2) is 18.2 Å². The molecule has 0 spiro atoms. The van der Waals surface area contributed by atoms with E-state index in [1.54, 1.807) is 0 Å². The fourth-order valence-electron chi connectivity index (χ4n) is 2.60. The van der Waals surface area contributed by atoms with Crippen LogP contribution in [0.3, 0.4) is 0 Å². The molecule has 5 heteroatoms. The van der Waals surface area contributed by atoms with Gasteiger partial charge in [0.05, 0.1) is 30.3 Å². The number of benzene rings is 1. The lowest BCUT2D eigenvalue weighted by Gasteiger charge is -2.30. The fraction of sp³-hybridized carbons (Fsp3) is 0.500. The van der Waals surface area contributed by atoms with Gasteiger partial charge in [0, 0.05) is 25.2 Å². The number of nitrogens with zero attached hydrogens (tertiary/aromatic N) is 3. The van der Waals surface area contributed by atoms with Gasteiger partial charge in [-0.15, -0.1) is 0 Å². The van der Waals surface area contributed by atoms with E-state index in [2.05, 4.69) is 28.4 Å². The van der Waals surface area contributed by atoms with Gasteiger partial charge in [-0.3, -0.25) is 4.90 Å². The van der Waals surface area contributed by atoms with Gasteiger partial charge in [-0.25, -0.2) is 4.98 Å². The Balaban J connectivity index is 1.86. The third-order valence-electron chi connectivity index (χ3n) is 3.63. The molecule has 19 heavy (non-hydrogen) atoms. The molecule has 1 saturated heterocycles. The topological polar surface area (TPSA) is 30.3 Å². The average Bonchev–Trinajstić information content (AvgIpc) is 2.66. The molecule has 2 heterocycles. The molecule has 0 aliphatic carbocycles. The van der Waals surface area contributed by atoms with Crippen LogP contribution in [0, 0.1) is 0 Å². The van der Waals surface area contributed by atoms with E-state index in [0.717, 1.165) is 48.1 Å². The Hall–Kier alpha value is -1.10. The Bertz CT molecular complexity index is 596. The standard InChI is InChI=1S/C14H18ClN3O/c1-10-8-18(5-6-19-10)9-14-16-12-7-11(15)3-4-13(12)17(14)2/h3-4,7,10H,5-6,8-9H2,1-2H3/t10-/m0/s1. The summed E-state index contributed by atoms with van der Waals surface area (Å²) in [6.45, 7) is 5.70. The fourth-order valence-corrected chi connectivity index (χ4v) is 2.76. The first-order valence-corrected chi connectivity index (χ1v) is 6.96. The zero-order chi connectivity index (χ0) is 13.4. The minimum Gasteiger partial charge on any atom is -0.376 e. The number of rotatable bonds is 2. The molecule has 0 radical (unpaired) electrons. The molecule has 4 nitrogen and oxygen atoms in total. The van der Waals surface area contributed by atoms with Gasteiger partial charge >= 0.3 is 0 Å². The summed E-state index contributed by atoms with van der Waals surface area (Å²) in [5.41, 5.74) is 2.09. The Labute approximate surface area is 117 Å². The van der Waals surface area contributed by atoms with Gasteiger partial charge in [0.1, 0.15) is 5.82 Å². The lowest BCUT2D eigenvalue weighted by atomic mass is 10.3. The summed E-state index contributed by atoms with van der Waals surface area (Å²) in [5, 5.41) is 0.733. The molecule has 1 aromatic carbocycles. The van der Waals surface area contributed by atoms with Crippen LogP contribution in [-0.4, -0.2) is 40.3 Å². The number of halogens is 1. The van der Waals surface area contributed by atoms with Gasteiger partial charge in [-0.05, 0) is 25.1 Å². The summed E-state index contributed by atoms with van der Waals surface area (Å²) in [4.78, 5) is 7.07. The van der Waals surface area contributed by atoms with E-state index in [1.807, 2.05) is 18.2 Å². The van der Waals surface area contributed by atoms with Crippen molar-refractivity contribution in [3.63, 3.8) is 0 Å². The molecular formula is C14H18ClN3O. The summed E-state index contributed by atoms with van der Waals surface area (Å²) in [7, 11) is 2.06. The molecule has 0 unspecified atom stereocenters. The molecule has 1 atom stereocenters. The lowest BCUT2D eigenvalue weighted by molar-refractivity contribution is -0.0221. The molecule has 0 amide bonds. The predicted molar refractivity (Wildman–Crippen MR) is 76.4 cm³/mol. The van der Waals surface area contributed by atoms with Crippen molar-refractivity contribution in [1.29, 1.82) is 0 Å². The van der Waals surface area contributed by atoms with E-state index < -0.39 is 0 Å². The van der Waals surface area contributed by atoms with Gasteiger partial charge in [-0.2, -0.15) is 0 Å². The normalized spacial score (nSPS) is 21.1. The minimum atomic E-state index is 0.304. The first-order valence-electron chi connectivity index (χ1n) is 6.58. The van der Waals surface area contributed by atoms with Crippen LogP contribution >= 0.6 is 11.6 Å². The van der Waals surface area contributed by atoms with E-state index in [1.165, 1.54) is 0 Å². The Morgan fingerprint density at radius 1 is 1.47 bits per heavy atom. The highest BCUT2D eigenvalue weighted by molar-refractivity contribution is 6.31. The highest BCUT2D eigenvalue weighted by Gasteiger charge is 2.19. The van der Waals surface area contributed by atoms with Crippen molar-refractivity contribution in [2.75, 3.05) is 19.7 Å². The van der Waals surface area contributed by atoms with Crippen molar-refractivity contribution < 1.29 is 4.74 Å². The summed E-state index contributed by atoms with van der Waals surface area (Å²) in [6.07, 6.45) is 0.304. The van der Waals surface area contributed by atoms with Crippen LogP contribution < -0.4 is 0 Å². The van der Waals surface area contributed by atoms with Crippen molar-refractivity contribution >= 4 is 22.6 Å². The summed E-state index contributed by atoms with van der Waals surface area (Å²) in [6, 6.07) is 5.85. The minimum absolute atomic E-state index is 0.304. The van der Waals surface area contributed by atoms with Crippen LogP contribution in [0.25, 0.3) is 11.0 Å². The van der Waals surface area contributed by atoms with Crippen LogP contribution in [0.4, 0.5) is 0 Å². The summed E-state index contributed by atoms with van der Waals surface area (Å²) < 4.78 is 7.71. The SMILES string of the molecule is C[C@H]1CN(Cc2nc3cc(Cl)ccc3n2C)CCO1. The second-order valence-electron chi connectivity index (χ2n) is 5.14. The number of hydrogen-bond donors (Lipinski definition) is 0. The van der Waals surface area contributed by atoms with Gasteiger partial charge in [0.15, 0.2) is 0 Å². The highest BCUT2D eigenvalue weighted by atomic mass is 35.5. The Morgan fingerprint density at radius 3 is 3.11 bits per heavy atom. The molecule has 0 N–H and O–H groups in total. The van der Waals surface area contributed by atoms with Crippen molar-refractivity contribution in [2.45, 2.75) is 19.6 Å². The highest BCUT2D eigenvalue weighted by Crippen LogP contribution is 2.20. The number of imidazole rings is 1. The molecule has 102 valence electrons. The molecule has 0 saturated carbocycles. The third-order valence-corrected chi connectivity index (χ3v) is 3.86. The number of aromatic nitrogens is 2. The van der Waals surface area contributed by atoms with E-state index >= 15 is 0 Å². The second kappa shape index (κ2) is 5.12. The largest absolute Gasteiger partial charge is 0.376 e. The maximum absolute atomic E-state index is 6.02. The van der Waals surface area contributed by atoms with Crippen molar-refractivity contribution in [3.05, 3.63) is 29.0 Å². The maximum Gasteiger partial charge on any atom is 0.123 e. The van der Waals surface area contributed by atoms with Gasteiger partial charge in [-0.1, -0.05) is 11.6 Å². The van der Waals surface area contributed by atoms with Gasteiger partial charge < -0.3 is 9.30 Å². The first-order chi connectivity index (χ1) is 9.13. The first kappa shape index (κ1) is 12.9. The van der Waals surface area contributed by atoms with Crippen LogP contribution in [0.2, 0.25) is 5.02 Å².